The van der Waals surface area contributed by atoms with Gasteiger partial charge >= 0.3 is 0 Å². The van der Waals surface area contributed by atoms with Gasteiger partial charge in [-0.2, -0.15) is 0 Å². The van der Waals surface area contributed by atoms with Crippen LogP contribution in [0.5, 0.6) is 0 Å². The summed E-state index contributed by atoms with van der Waals surface area (Å²) in [5.74, 6) is 0.122. The number of piperidine rings is 1. The Hall–Kier alpha value is -2.66. The zero-order valence-electron chi connectivity index (χ0n) is 18.5. The Bertz CT molecular complexity index is 1020. The molecule has 1 aliphatic heterocycles. The third-order valence-corrected chi connectivity index (χ3v) is 6.50. The highest BCUT2D eigenvalue weighted by Crippen LogP contribution is 2.25. The van der Waals surface area contributed by atoms with Crippen molar-refractivity contribution < 1.29 is 9.18 Å². The number of fused-ring (bicyclic) bond motifs is 1. The summed E-state index contributed by atoms with van der Waals surface area (Å²) in [6, 6.07) is 17.7. The summed E-state index contributed by atoms with van der Waals surface area (Å²) in [7, 11) is 0. The number of likely N-dealkylation sites (tertiary alicyclic amines) is 1. The summed E-state index contributed by atoms with van der Waals surface area (Å²) in [4.78, 5) is 14.9. The minimum atomic E-state index is -0.207. The van der Waals surface area contributed by atoms with Crippen LogP contribution >= 0.6 is 0 Å². The molecule has 0 spiro atoms. The fourth-order valence-corrected chi connectivity index (χ4v) is 4.40. The van der Waals surface area contributed by atoms with Crippen LogP contribution in [0, 0.1) is 11.7 Å². The molecule has 31 heavy (non-hydrogen) atoms. The van der Waals surface area contributed by atoms with E-state index in [9.17, 15) is 9.18 Å². The van der Waals surface area contributed by atoms with Crippen molar-refractivity contribution in [3.8, 4) is 0 Å². The molecule has 2 aromatic carbocycles. The van der Waals surface area contributed by atoms with Gasteiger partial charge in [-0.25, -0.2) is 4.39 Å². The summed E-state index contributed by atoms with van der Waals surface area (Å²) in [6.07, 6.45) is 2.77. The van der Waals surface area contributed by atoms with E-state index in [2.05, 4.69) is 59.0 Å². The maximum atomic E-state index is 13.3. The lowest BCUT2D eigenvalue weighted by atomic mass is 9.95. The van der Waals surface area contributed by atoms with Gasteiger partial charge in [-0.15, -0.1) is 0 Å². The zero-order valence-corrected chi connectivity index (χ0v) is 18.5. The number of halogens is 1. The second kappa shape index (κ2) is 9.65. The van der Waals surface area contributed by atoms with E-state index in [0.29, 0.717) is 0 Å². The Morgan fingerprint density at radius 1 is 1.10 bits per heavy atom. The van der Waals surface area contributed by atoms with Crippen LogP contribution in [0.15, 0.2) is 54.6 Å². The van der Waals surface area contributed by atoms with E-state index >= 15 is 0 Å². The second-order valence-corrected chi connectivity index (χ2v) is 8.78. The Morgan fingerprint density at radius 2 is 1.81 bits per heavy atom. The number of nitrogens with one attached hydrogen (secondary N) is 1. The highest BCUT2D eigenvalue weighted by molar-refractivity contribution is 5.81. The molecular formula is C26H32FN3O. The Labute approximate surface area is 184 Å². The topological polar surface area (TPSA) is 37.3 Å². The minimum absolute atomic E-state index is 0.121. The van der Waals surface area contributed by atoms with Crippen molar-refractivity contribution in [1.29, 1.82) is 0 Å². The van der Waals surface area contributed by atoms with Crippen molar-refractivity contribution in [1.82, 2.24) is 14.8 Å². The first-order chi connectivity index (χ1) is 15.0. The molecule has 1 aromatic heterocycles. The molecular weight excluding hydrogens is 389 g/mol. The maximum absolute atomic E-state index is 13.3. The van der Waals surface area contributed by atoms with Crippen LogP contribution < -0.4 is 5.32 Å². The summed E-state index contributed by atoms with van der Waals surface area (Å²) in [5, 5.41) is 4.36. The summed E-state index contributed by atoms with van der Waals surface area (Å²) in [5.41, 5.74) is 3.54. The first kappa shape index (κ1) is 21.6. The molecule has 4 rings (SSSR count). The fourth-order valence-electron chi connectivity index (χ4n) is 4.40. The summed E-state index contributed by atoms with van der Waals surface area (Å²) in [6.45, 7) is 7.59. The second-order valence-electron chi connectivity index (χ2n) is 8.78. The van der Waals surface area contributed by atoms with E-state index in [1.165, 1.54) is 28.7 Å². The molecule has 3 aromatic rings. The van der Waals surface area contributed by atoms with Crippen LogP contribution in [0.3, 0.4) is 0 Å². The normalized spacial score (nSPS) is 16.5. The van der Waals surface area contributed by atoms with Crippen LogP contribution in [-0.4, -0.2) is 34.5 Å². The largest absolute Gasteiger partial charge is 0.353 e. The van der Waals surface area contributed by atoms with E-state index in [4.69, 9.17) is 0 Å². The monoisotopic (exact) mass is 421 g/mol. The molecule has 2 heterocycles. The van der Waals surface area contributed by atoms with Crippen molar-refractivity contribution in [3.63, 3.8) is 0 Å². The number of carbonyl (C=O) groups is 1. The van der Waals surface area contributed by atoms with Gasteiger partial charge in [0.15, 0.2) is 0 Å². The Morgan fingerprint density at radius 3 is 2.52 bits per heavy atom. The number of carbonyl (C=O) groups excluding carboxylic acids is 1. The van der Waals surface area contributed by atoms with Crippen LogP contribution in [0.1, 0.15) is 44.4 Å². The van der Waals surface area contributed by atoms with Crippen LogP contribution in [0.2, 0.25) is 0 Å². The maximum Gasteiger partial charge on any atom is 0.223 e. The van der Waals surface area contributed by atoms with Crippen molar-refractivity contribution >= 4 is 16.8 Å². The van der Waals surface area contributed by atoms with Gasteiger partial charge in [0.25, 0.3) is 0 Å². The van der Waals surface area contributed by atoms with Crippen LogP contribution in [-0.2, 0) is 17.9 Å². The highest BCUT2D eigenvalue weighted by atomic mass is 19.1. The average molecular weight is 422 g/mol. The highest BCUT2D eigenvalue weighted by Gasteiger charge is 2.26. The van der Waals surface area contributed by atoms with Crippen LogP contribution in [0.25, 0.3) is 10.9 Å². The van der Waals surface area contributed by atoms with Gasteiger partial charge in [0.1, 0.15) is 5.82 Å². The molecule has 0 saturated carbocycles. The van der Waals surface area contributed by atoms with Gasteiger partial charge < -0.3 is 9.88 Å². The predicted octanol–water partition coefficient (Wildman–Crippen LogP) is 4.96. The number of benzene rings is 2. The molecule has 1 aliphatic rings. The van der Waals surface area contributed by atoms with Crippen molar-refractivity contribution in [3.05, 3.63) is 71.7 Å². The molecule has 0 bridgehead atoms. The standard InChI is InChI=1S/C26H32FN3O/c1-3-19(2)28-26(31)21-12-14-29(15-13-21)18-24-16-22-6-4-5-7-25(22)30(24)17-20-8-10-23(27)11-9-20/h4-11,16,19,21H,3,12-15,17-18H2,1-2H3,(H,28,31)/t19-/m0/s1. The van der Waals surface area contributed by atoms with Gasteiger partial charge in [-0.05, 0) is 74.5 Å². The molecule has 0 unspecified atom stereocenters. The third kappa shape index (κ3) is 5.16. The first-order valence-electron chi connectivity index (χ1n) is 11.4. The number of hydrogen-bond donors (Lipinski definition) is 1. The minimum Gasteiger partial charge on any atom is -0.353 e. The van der Waals surface area contributed by atoms with Gasteiger partial charge in [-0.1, -0.05) is 37.3 Å². The lowest BCUT2D eigenvalue weighted by Crippen LogP contribution is -2.42. The molecule has 1 N–H and O–H groups in total. The van der Waals surface area contributed by atoms with E-state index in [0.717, 1.165) is 51.0 Å². The Kier molecular flexibility index (Phi) is 6.71. The smallest absolute Gasteiger partial charge is 0.223 e. The number of hydrogen-bond acceptors (Lipinski definition) is 2. The van der Waals surface area contributed by atoms with Crippen molar-refractivity contribution in [2.75, 3.05) is 13.1 Å². The quantitative estimate of drug-likeness (QED) is 0.586. The fraction of sp³-hybridized carbons (Fsp3) is 0.423. The molecule has 1 fully saturated rings. The number of amides is 1. The molecule has 164 valence electrons. The number of nitrogens with zero attached hydrogens (tertiary/aromatic N) is 2. The predicted molar refractivity (Wildman–Crippen MR) is 123 cm³/mol. The molecule has 1 amide bonds. The van der Waals surface area contributed by atoms with Crippen molar-refractivity contribution in [2.45, 2.75) is 52.2 Å². The van der Waals surface area contributed by atoms with Gasteiger partial charge in [0.2, 0.25) is 5.91 Å². The van der Waals surface area contributed by atoms with E-state index < -0.39 is 0 Å². The first-order valence-corrected chi connectivity index (χ1v) is 11.4. The van der Waals surface area contributed by atoms with Gasteiger partial charge in [0, 0.05) is 36.3 Å². The lowest BCUT2D eigenvalue weighted by molar-refractivity contribution is -0.127. The van der Waals surface area contributed by atoms with Gasteiger partial charge in [0.05, 0.1) is 0 Å². The van der Waals surface area contributed by atoms with E-state index in [1.807, 2.05) is 12.1 Å². The van der Waals surface area contributed by atoms with Crippen LogP contribution in [0.4, 0.5) is 4.39 Å². The molecule has 0 radical (unpaired) electrons. The Balaban J connectivity index is 1.46. The van der Waals surface area contributed by atoms with Gasteiger partial charge in [-0.3, -0.25) is 9.69 Å². The lowest BCUT2D eigenvalue weighted by Gasteiger charge is -2.32. The average Bonchev–Trinajstić information content (AvgIpc) is 3.12. The molecule has 4 nitrogen and oxygen atoms in total. The van der Waals surface area contributed by atoms with E-state index in [1.54, 1.807) is 0 Å². The molecule has 1 atom stereocenters. The number of rotatable bonds is 7. The summed E-state index contributed by atoms with van der Waals surface area (Å²) < 4.78 is 15.7. The summed E-state index contributed by atoms with van der Waals surface area (Å²) >= 11 is 0. The van der Waals surface area contributed by atoms with Crippen molar-refractivity contribution in [2.24, 2.45) is 5.92 Å². The van der Waals surface area contributed by atoms with E-state index in [-0.39, 0.29) is 23.7 Å². The number of para-hydroxylation sites is 1. The molecule has 5 heteroatoms. The zero-order chi connectivity index (χ0) is 21.8. The molecule has 0 aliphatic carbocycles. The molecule has 1 saturated heterocycles. The number of aromatic nitrogens is 1. The SMILES string of the molecule is CC[C@H](C)NC(=O)C1CCN(Cc2cc3ccccc3n2Cc2ccc(F)cc2)CC1. The third-order valence-electron chi connectivity index (χ3n) is 6.50.